The van der Waals surface area contributed by atoms with E-state index >= 15 is 0 Å². The van der Waals surface area contributed by atoms with Gasteiger partial charge in [0.25, 0.3) is 0 Å². The van der Waals surface area contributed by atoms with Crippen molar-refractivity contribution in [2.24, 2.45) is 0 Å². The first kappa shape index (κ1) is 34.4. The van der Waals surface area contributed by atoms with Crippen LogP contribution in [0.4, 0.5) is 11.4 Å². The Balaban J connectivity index is 1.31. The predicted octanol–water partition coefficient (Wildman–Crippen LogP) is 13.7. The number of unbranched alkanes of at least 4 members (excludes halogenated alkanes) is 4. The quantitative estimate of drug-likeness (QED) is 0.0825. The molecule has 0 saturated carbocycles. The van der Waals surface area contributed by atoms with E-state index in [4.69, 9.17) is 18.8 Å². The van der Waals surface area contributed by atoms with Crippen molar-refractivity contribution in [3.63, 3.8) is 0 Å². The molecule has 0 radical (unpaired) electrons. The maximum absolute atomic E-state index is 6.90. The van der Waals surface area contributed by atoms with Crippen LogP contribution in [0.5, 0.6) is 0 Å². The zero-order valence-electron chi connectivity index (χ0n) is 32.2. The molecule has 0 spiro atoms. The van der Waals surface area contributed by atoms with Crippen LogP contribution in [-0.4, -0.2) is 36.1 Å². The van der Waals surface area contributed by atoms with E-state index in [1.54, 1.807) is 0 Å². The SMILES string of the molecule is CCCCN(CCCC)c1ccc2c(c1)oc1c3nc4c5ccccc5c5c6cc(N(CCCC)CCCC)ccc6oc5c4nc3c3ccccc3c21. The maximum atomic E-state index is 6.90. The molecular weight excluding hydrogens is 665 g/mol. The molecule has 54 heavy (non-hydrogen) atoms. The second-order valence-electron chi connectivity index (χ2n) is 15.1. The van der Waals surface area contributed by atoms with Gasteiger partial charge in [-0.25, -0.2) is 9.97 Å². The van der Waals surface area contributed by atoms with Gasteiger partial charge in [0.2, 0.25) is 0 Å². The highest BCUT2D eigenvalue weighted by molar-refractivity contribution is 6.33. The first-order valence-electron chi connectivity index (χ1n) is 20.4. The fourth-order valence-electron chi connectivity index (χ4n) is 8.51. The van der Waals surface area contributed by atoms with E-state index in [2.05, 4.69) is 122 Å². The van der Waals surface area contributed by atoms with Crippen LogP contribution < -0.4 is 9.80 Å². The van der Waals surface area contributed by atoms with Crippen LogP contribution in [0.15, 0.2) is 93.8 Å². The molecule has 0 unspecified atom stereocenters. The summed E-state index contributed by atoms with van der Waals surface area (Å²) in [5, 5.41) is 8.82. The lowest BCUT2D eigenvalue weighted by atomic mass is 9.99. The number of anilines is 2. The van der Waals surface area contributed by atoms with Crippen molar-refractivity contribution in [1.82, 2.24) is 9.97 Å². The number of nitrogens with zero attached hydrogens (tertiary/aromatic N) is 4. The summed E-state index contributed by atoms with van der Waals surface area (Å²) in [5.41, 5.74) is 9.05. The standard InChI is InChI=1S/C48H50N4O2/c1-5-9-25-51(26-10-6-2)31-22-24-39-38(29-31)42-34-18-14-16-20-36(34)44-46(48(42)53-39)50-43-35-19-15-13-17-33(35)41-37-23-21-32(52(27-11-7-3)28-12-8-4)30-40(37)54-47(41)45(43)49-44/h13-24,29-30H,5-12,25-28H2,1-4H3. The molecule has 6 heteroatoms. The third-order valence-electron chi connectivity index (χ3n) is 11.4. The van der Waals surface area contributed by atoms with E-state index in [1.807, 2.05) is 0 Å². The Morgan fingerprint density at radius 1 is 0.426 bits per heavy atom. The molecule has 274 valence electrons. The maximum Gasteiger partial charge on any atom is 0.163 e. The fraction of sp³-hybridized carbons (Fsp3) is 0.333. The van der Waals surface area contributed by atoms with Crippen molar-refractivity contribution >= 4 is 98.9 Å². The molecule has 0 aliphatic heterocycles. The van der Waals surface area contributed by atoms with Gasteiger partial charge in [-0.15, -0.1) is 0 Å². The van der Waals surface area contributed by atoms with Crippen LogP contribution in [0.3, 0.4) is 0 Å². The fourth-order valence-corrected chi connectivity index (χ4v) is 8.51. The Hall–Kier alpha value is -5.36. The zero-order chi connectivity index (χ0) is 36.8. The number of benzene rings is 6. The number of fused-ring (bicyclic) bond motifs is 16. The summed E-state index contributed by atoms with van der Waals surface area (Å²) >= 11 is 0. The molecule has 0 aliphatic rings. The molecule has 3 heterocycles. The van der Waals surface area contributed by atoms with Gasteiger partial charge >= 0.3 is 0 Å². The van der Waals surface area contributed by atoms with Gasteiger partial charge in [0.15, 0.2) is 11.2 Å². The molecule has 6 nitrogen and oxygen atoms in total. The smallest absolute Gasteiger partial charge is 0.163 e. The van der Waals surface area contributed by atoms with Gasteiger partial charge in [0, 0.05) is 75.9 Å². The number of furan rings is 2. The van der Waals surface area contributed by atoms with Crippen molar-refractivity contribution in [3.8, 4) is 0 Å². The van der Waals surface area contributed by atoms with Gasteiger partial charge in [-0.1, -0.05) is 102 Å². The van der Waals surface area contributed by atoms with Gasteiger partial charge in [0.05, 0.1) is 0 Å². The summed E-state index contributed by atoms with van der Waals surface area (Å²) in [4.78, 5) is 16.1. The van der Waals surface area contributed by atoms with Gasteiger partial charge < -0.3 is 18.6 Å². The molecule has 0 amide bonds. The second-order valence-corrected chi connectivity index (χ2v) is 15.1. The molecule has 0 bridgehead atoms. The molecule has 6 aromatic carbocycles. The zero-order valence-corrected chi connectivity index (χ0v) is 32.2. The lowest BCUT2D eigenvalue weighted by Gasteiger charge is -2.24. The summed E-state index contributed by atoms with van der Waals surface area (Å²) in [5.74, 6) is 0. The van der Waals surface area contributed by atoms with Crippen molar-refractivity contribution in [3.05, 3.63) is 84.9 Å². The Morgan fingerprint density at radius 2 is 0.870 bits per heavy atom. The predicted molar refractivity (Wildman–Crippen MR) is 231 cm³/mol. The minimum absolute atomic E-state index is 0.785. The van der Waals surface area contributed by atoms with Crippen molar-refractivity contribution in [2.45, 2.75) is 79.1 Å². The second kappa shape index (κ2) is 14.5. The van der Waals surface area contributed by atoms with Crippen molar-refractivity contribution in [1.29, 1.82) is 0 Å². The van der Waals surface area contributed by atoms with Crippen molar-refractivity contribution in [2.75, 3.05) is 36.0 Å². The normalized spacial score (nSPS) is 12.2. The highest BCUT2D eigenvalue weighted by atomic mass is 16.3. The summed E-state index contributed by atoms with van der Waals surface area (Å²) in [6, 6.07) is 30.7. The largest absolute Gasteiger partial charge is 0.454 e. The van der Waals surface area contributed by atoms with Crippen LogP contribution in [0.25, 0.3) is 87.5 Å². The number of hydrogen-bond donors (Lipinski definition) is 0. The topological polar surface area (TPSA) is 58.5 Å². The molecule has 9 aromatic rings. The summed E-state index contributed by atoms with van der Waals surface area (Å²) in [6.45, 7) is 13.3. The van der Waals surface area contributed by atoms with Gasteiger partial charge in [0.1, 0.15) is 33.2 Å². The molecule has 9 rings (SSSR count). The van der Waals surface area contributed by atoms with E-state index in [1.165, 1.54) is 62.7 Å². The van der Waals surface area contributed by atoms with E-state index in [0.717, 1.165) is 114 Å². The number of hydrogen-bond acceptors (Lipinski definition) is 6. The Bertz CT molecular complexity index is 2770. The summed E-state index contributed by atoms with van der Waals surface area (Å²) < 4.78 is 13.7. The van der Waals surface area contributed by atoms with Gasteiger partial charge in [-0.05, 0) is 66.8 Å². The Labute approximate surface area is 316 Å². The first-order chi connectivity index (χ1) is 26.6. The van der Waals surface area contributed by atoms with Crippen LogP contribution >= 0.6 is 0 Å². The van der Waals surface area contributed by atoms with Crippen LogP contribution in [-0.2, 0) is 0 Å². The minimum atomic E-state index is 0.785. The summed E-state index contributed by atoms with van der Waals surface area (Å²) in [6.07, 6.45) is 9.39. The first-order valence-corrected chi connectivity index (χ1v) is 20.4. The molecular formula is C48H50N4O2. The van der Waals surface area contributed by atoms with Crippen molar-refractivity contribution < 1.29 is 8.83 Å². The van der Waals surface area contributed by atoms with E-state index in [0.29, 0.717) is 0 Å². The highest BCUT2D eigenvalue weighted by Gasteiger charge is 2.23. The molecule has 3 aromatic heterocycles. The molecule has 0 atom stereocenters. The molecule has 0 saturated heterocycles. The number of rotatable bonds is 14. The molecule has 0 aliphatic carbocycles. The van der Waals surface area contributed by atoms with E-state index < -0.39 is 0 Å². The third-order valence-corrected chi connectivity index (χ3v) is 11.4. The lowest BCUT2D eigenvalue weighted by molar-refractivity contribution is 0.665. The van der Waals surface area contributed by atoms with Crippen LogP contribution in [0.2, 0.25) is 0 Å². The van der Waals surface area contributed by atoms with Gasteiger partial charge in [-0.3, -0.25) is 0 Å². The minimum Gasteiger partial charge on any atom is -0.454 e. The van der Waals surface area contributed by atoms with Crippen LogP contribution in [0, 0.1) is 0 Å². The summed E-state index contributed by atoms with van der Waals surface area (Å²) in [7, 11) is 0. The lowest BCUT2D eigenvalue weighted by Crippen LogP contribution is -2.25. The molecule has 0 fully saturated rings. The Kier molecular flexibility index (Phi) is 9.22. The average Bonchev–Trinajstić information content (AvgIpc) is 3.80. The van der Waals surface area contributed by atoms with Crippen LogP contribution in [0.1, 0.15) is 79.1 Å². The van der Waals surface area contributed by atoms with E-state index in [9.17, 15) is 0 Å². The monoisotopic (exact) mass is 714 g/mol. The molecule has 0 N–H and O–H groups in total. The Morgan fingerprint density at radius 3 is 1.39 bits per heavy atom. The third kappa shape index (κ3) is 5.69. The van der Waals surface area contributed by atoms with E-state index in [-0.39, 0.29) is 0 Å². The highest BCUT2D eigenvalue weighted by Crippen LogP contribution is 2.45. The average molecular weight is 715 g/mol. The number of aromatic nitrogens is 2. The van der Waals surface area contributed by atoms with Gasteiger partial charge in [-0.2, -0.15) is 0 Å².